The molecular weight excluding hydrogens is 300 g/mol. The molecule has 2 rings (SSSR count). The topological polar surface area (TPSA) is 62.1 Å². The molecule has 0 atom stereocenters. The Kier molecular flexibility index (Phi) is 5.75. The van der Waals surface area contributed by atoms with Gasteiger partial charge in [-0.2, -0.15) is 5.26 Å². The molecule has 0 unspecified atom stereocenters. The van der Waals surface area contributed by atoms with E-state index in [2.05, 4.69) is 5.32 Å². The molecule has 0 aromatic heterocycles. The van der Waals surface area contributed by atoms with Crippen LogP contribution < -0.4 is 10.1 Å². The molecule has 4 nitrogen and oxygen atoms in total. The number of carbonyl (C=O) groups is 1. The molecule has 0 radical (unpaired) electrons. The molecular formula is C20H20N2O2. The number of ether oxygens (including phenoxy) is 1. The summed E-state index contributed by atoms with van der Waals surface area (Å²) in [5, 5.41) is 12.2. The number of rotatable bonds is 5. The quantitative estimate of drug-likeness (QED) is 0.662. The number of amides is 1. The first-order valence-corrected chi connectivity index (χ1v) is 7.78. The SMILES string of the molecule is CCOc1ccccc1/C=C(\C#N)C(=O)Nc1cccc(C)c1C. The first-order chi connectivity index (χ1) is 11.6. The Balaban J connectivity index is 2.30. The van der Waals surface area contributed by atoms with Crippen molar-refractivity contribution in [2.75, 3.05) is 11.9 Å². The number of hydrogen-bond acceptors (Lipinski definition) is 3. The van der Waals surface area contributed by atoms with Gasteiger partial charge >= 0.3 is 0 Å². The number of nitriles is 1. The van der Waals surface area contributed by atoms with Crippen LogP contribution in [0.5, 0.6) is 5.75 Å². The molecule has 0 saturated heterocycles. The summed E-state index contributed by atoms with van der Waals surface area (Å²) in [5.74, 6) is 0.213. The van der Waals surface area contributed by atoms with Gasteiger partial charge in [0.2, 0.25) is 0 Å². The van der Waals surface area contributed by atoms with Gasteiger partial charge in [-0.15, -0.1) is 0 Å². The number of benzene rings is 2. The van der Waals surface area contributed by atoms with Crippen molar-refractivity contribution in [3.63, 3.8) is 0 Å². The summed E-state index contributed by atoms with van der Waals surface area (Å²) in [6, 6.07) is 15.0. The van der Waals surface area contributed by atoms with Gasteiger partial charge in [-0.05, 0) is 50.1 Å². The molecule has 0 aliphatic heterocycles. The number of nitrogens with zero attached hydrogens (tertiary/aromatic N) is 1. The van der Waals surface area contributed by atoms with Crippen molar-refractivity contribution in [1.82, 2.24) is 0 Å². The normalized spacial score (nSPS) is 10.8. The van der Waals surface area contributed by atoms with E-state index in [0.29, 0.717) is 23.6 Å². The molecule has 2 aromatic carbocycles. The maximum absolute atomic E-state index is 12.4. The minimum atomic E-state index is -0.433. The van der Waals surface area contributed by atoms with Gasteiger partial charge in [0.05, 0.1) is 6.61 Å². The Morgan fingerprint density at radius 1 is 1.21 bits per heavy atom. The minimum Gasteiger partial charge on any atom is -0.493 e. The molecule has 0 spiro atoms. The number of hydrogen-bond donors (Lipinski definition) is 1. The fourth-order valence-corrected chi connectivity index (χ4v) is 2.27. The molecule has 24 heavy (non-hydrogen) atoms. The summed E-state index contributed by atoms with van der Waals surface area (Å²) < 4.78 is 5.53. The minimum absolute atomic E-state index is 0.0306. The van der Waals surface area contributed by atoms with Crippen LogP contribution >= 0.6 is 0 Å². The number of nitrogens with one attached hydrogen (secondary N) is 1. The van der Waals surface area contributed by atoms with Crippen molar-refractivity contribution in [2.24, 2.45) is 0 Å². The molecule has 0 aliphatic rings. The lowest BCUT2D eigenvalue weighted by Crippen LogP contribution is -2.14. The lowest BCUT2D eigenvalue weighted by Gasteiger charge is -2.10. The lowest BCUT2D eigenvalue weighted by atomic mass is 10.1. The summed E-state index contributed by atoms with van der Waals surface area (Å²) in [6.45, 7) is 6.32. The van der Waals surface area contributed by atoms with E-state index in [9.17, 15) is 10.1 Å². The number of aryl methyl sites for hydroxylation is 1. The van der Waals surface area contributed by atoms with Gasteiger partial charge in [-0.3, -0.25) is 4.79 Å². The van der Waals surface area contributed by atoms with Crippen molar-refractivity contribution in [3.05, 3.63) is 64.7 Å². The molecule has 0 saturated carbocycles. The van der Waals surface area contributed by atoms with Crippen LogP contribution in [0, 0.1) is 25.2 Å². The maximum Gasteiger partial charge on any atom is 0.266 e. The molecule has 0 heterocycles. The zero-order chi connectivity index (χ0) is 17.5. The number of para-hydroxylation sites is 1. The molecule has 4 heteroatoms. The monoisotopic (exact) mass is 320 g/mol. The standard InChI is InChI=1S/C20H20N2O2/c1-4-24-19-11-6-5-9-16(19)12-17(13-21)20(23)22-18-10-7-8-14(2)15(18)3/h5-12H,4H2,1-3H3,(H,22,23)/b17-12+. The second kappa shape index (κ2) is 7.98. The van der Waals surface area contributed by atoms with Crippen molar-refractivity contribution >= 4 is 17.7 Å². The van der Waals surface area contributed by atoms with E-state index in [1.165, 1.54) is 0 Å². The maximum atomic E-state index is 12.4. The third kappa shape index (κ3) is 4.02. The molecule has 122 valence electrons. The third-order valence-corrected chi connectivity index (χ3v) is 3.74. The van der Waals surface area contributed by atoms with Crippen LogP contribution in [-0.4, -0.2) is 12.5 Å². The summed E-state index contributed by atoms with van der Waals surface area (Å²) in [7, 11) is 0. The van der Waals surface area contributed by atoms with Crippen LogP contribution in [0.1, 0.15) is 23.6 Å². The fourth-order valence-electron chi connectivity index (χ4n) is 2.27. The van der Waals surface area contributed by atoms with Gasteiger partial charge in [0.1, 0.15) is 17.4 Å². The van der Waals surface area contributed by atoms with Gasteiger partial charge in [0.25, 0.3) is 5.91 Å². The van der Waals surface area contributed by atoms with E-state index < -0.39 is 5.91 Å². The summed E-state index contributed by atoms with van der Waals surface area (Å²) in [5.41, 5.74) is 3.50. The van der Waals surface area contributed by atoms with Gasteiger partial charge in [0.15, 0.2) is 0 Å². The van der Waals surface area contributed by atoms with Crippen LogP contribution in [0.4, 0.5) is 5.69 Å². The molecule has 0 fully saturated rings. The Morgan fingerprint density at radius 3 is 2.67 bits per heavy atom. The van der Waals surface area contributed by atoms with Crippen LogP contribution in [0.3, 0.4) is 0 Å². The van der Waals surface area contributed by atoms with Crippen molar-refractivity contribution < 1.29 is 9.53 Å². The molecule has 2 aromatic rings. The zero-order valence-corrected chi connectivity index (χ0v) is 14.1. The second-order valence-corrected chi connectivity index (χ2v) is 5.34. The van der Waals surface area contributed by atoms with Gasteiger partial charge in [0, 0.05) is 11.3 Å². The van der Waals surface area contributed by atoms with Crippen molar-refractivity contribution in [2.45, 2.75) is 20.8 Å². The van der Waals surface area contributed by atoms with E-state index in [0.717, 1.165) is 11.1 Å². The highest BCUT2D eigenvalue weighted by Gasteiger charge is 2.12. The van der Waals surface area contributed by atoms with Gasteiger partial charge in [-0.25, -0.2) is 0 Å². The zero-order valence-electron chi connectivity index (χ0n) is 14.1. The average molecular weight is 320 g/mol. The summed E-state index contributed by atoms with van der Waals surface area (Å²) in [6.07, 6.45) is 1.55. The predicted molar refractivity (Wildman–Crippen MR) is 95.7 cm³/mol. The van der Waals surface area contributed by atoms with E-state index in [1.807, 2.05) is 69.3 Å². The number of carbonyl (C=O) groups excluding carboxylic acids is 1. The molecule has 1 amide bonds. The van der Waals surface area contributed by atoms with Crippen molar-refractivity contribution in [1.29, 1.82) is 5.26 Å². The van der Waals surface area contributed by atoms with E-state index in [4.69, 9.17) is 4.74 Å². The Hall–Kier alpha value is -3.06. The van der Waals surface area contributed by atoms with E-state index in [1.54, 1.807) is 6.08 Å². The van der Waals surface area contributed by atoms with Crippen LogP contribution in [0.15, 0.2) is 48.0 Å². The molecule has 1 N–H and O–H groups in total. The first kappa shape index (κ1) is 17.3. The highest BCUT2D eigenvalue weighted by molar-refractivity contribution is 6.10. The number of anilines is 1. The highest BCUT2D eigenvalue weighted by Crippen LogP contribution is 2.22. The average Bonchev–Trinajstić information content (AvgIpc) is 2.58. The Labute approximate surface area is 142 Å². The van der Waals surface area contributed by atoms with E-state index >= 15 is 0 Å². The highest BCUT2D eigenvalue weighted by atomic mass is 16.5. The smallest absolute Gasteiger partial charge is 0.266 e. The van der Waals surface area contributed by atoms with Gasteiger partial charge < -0.3 is 10.1 Å². The fraction of sp³-hybridized carbons (Fsp3) is 0.200. The third-order valence-electron chi connectivity index (χ3n) is 3.74. The lowest BCUT2D eigenvalue weighted by molar-refractivity contribution is -0.112. The van der Waals surface area contributed by atoms with E-state index in [-0.39, 0.29) is 5.57 Å². The summed E-state index contributed by atoms with van der Waals surface area (Å²) >= 11 is 0. The molecule has 0 aliphatic carbocycles. The second-order valence-electron chi connectivity index (χ2n) is 5.34. The first-order valence-electron chi connectivity index (χ1n) is 7.78. The van der Waals surface area contributed by atoms with Gasteiger partial charge in [-0.1, -0.05) is 30.3 Å². The molecule has 0 bridgehead atoms. The largest absolute Gasteiger partial charge is 0.493 e. The van der Waals surface area contributed by atoms with Crippen molar-refractivity contribution in [3.8, 4) is 11.8 Å². The summed E-state index contributed by atoms with van der Waals surface area (Å²) in [4.78, 5) is 12.4. The van der Waals surface area contributed by atoms with Crippen LogP contribution in [-0.2, 0) is 4.79 Å². The Morgan fingerprint density at radius 2 is 1.96 bits per heavy atom. The predicted octanol–water partition coefficient (Wildman–Crippen LogP) is 4.25. The van der Waals surface area contributed by atoms with Crippen LogP contribution in [0.2, 0.25) is 0 Å². The Bertz CT molecular complexity index is 817. The van der Waals surface area contributed by atoms with Crippen LogP contribution in [0.25, 0.3) is 6.08 Å².